The molecule has 52 heavy (non-hydrogen) atoms. The van der Waals surface area contributed by atoms with Crippen molar-refractivity contribution in [2.75, 3.05) is 0 Å². The normalized spacial score (nSPS) is 12.0. The van der Waals surface area contributed by atoms with E-state index in [9.17, 15) is 0 Å². The maximum absolute atomic E-state index is 2.40. The zero-order valence-corrected chi connectivity index (χ0v) is 32.7. The topological polar surface area (TPSA) is 0 Å². The molecule has 0 spiro atoms. The third-order valence-electron chi connectivity index (χ3n) is 11.3. The number of aryl methyl sites for hydroxylation is 2. The Hall–Kier alpha value is -3.98. The SMILES string of the molecule is CCCCCCCCc1ccc(-c2ccc3c(ccc4sc5c(sc6ccc7cc(-c8ccc(CCCCCCCC)cc8)ccc7c65)c43)c2)cc1. The number of unbranched alkanes of at least 4 members (excludes halogenated alkanes) is 10. The first-order valence-corrected chi connectivity index (χ1v) is 21.8. The first-order valence-electron chi connectivity index (χ1n) is 20.1. The molecule has 0 fully saturated rings. The molecule has 2 heterocycles. The van der Waals surface area contributed by atoms with Crippen LogP contribution in [0.3, 0.4) is 0 Å². The molecule has 0 aliphatic rings. The van der Waals surface area contributed by atoms with E-state index < -0.39 is 0 Å². The molecule has 0 aliphatic carbocycles. The maximum Gasteiger partial charge on any atom is 0.0548 e. The first-order chi connectivity index (χ1) is 25.7. The fraction of sp³-hybridized carbons (Fsp3) is 0.320. The molecule has 0 nitrogen and oxygen atoms in total. The Labute approximate surface area is 318 Å². The molecule has 0 saturated heterocycles. The summed E-state index contributed by atoms with van der Waals surface area (Å²) < 4.78 is 5.64. The van der Waals surface area contributed by atoms with Gasteiger partial charge in [-0.25, -0.2) is 0 Å². The highest BCUT2D eigenvalue weighted by Gasteiger charge is 2.17. The van der Waals surface area contributed by atoms with Crippen LogP contribution in [0.15, 0.2) is 109 Å². The lowest BCUT2D eigenvalue weighted by Gasteiger charge is -2.08. The lowest BCUT2D eigenvalue weighted by atomic mass is 9.97. The number of hydrogen-bond donors (Lipinski definition) is 0. The number of benzene rings is 6. The van der Waals surface area contributed by atoms with E-state index in [-0.39, 0.29) is 0 Å². The van der Waals surface area contributed by atoms with E-state index >= 15 is 0 Å². The van der Waals surface area contributed by atoms with Crippen LogP contribution < -0.4 is 0 Å². The zero-order chi connectivity index (χ0) is 35.3. The quantitative estimate of drug-likeness (QED) is 0.0874. The molecule has 0 atom stereocenters. The molecule has 264 valence electrons. The Morgan fingerprint density at radius 3 is 1.17 bits per heavy atom. The Balaban J connectivity index is 1.03. The van der Waals surface area contributed by atoms with Crippen molar-refractivity contribution >= 4 is 73.8 Å². The average Bonchev–Trinajstić information content (AvgIpc) is 3.74. The minimum atomic E-state index is 1.19. The van der Waals surface area contributed by atoms with Gasteiger partial charge in [-0.05, 0) is 105 Å². The molecule has 0 N–H and O–H groups in total. The van der Waals surface area contributed by atoms with Gasteiger partial charge in [0.05, 0.1) is 9.40 Å². The molecule has 8 aromatic rings. The van der Waals surface area contributed by atoms with Gasteiger partial charge in [-0.15, -0.1) is 22.7 Å². The van der Waals surface area contributed by atoms with Gasteiger partial charge in [-0.2, -0.15) is 0 Å². The molecule has 0 amide bonds. The highest BCUT2D eigenvalue weighted by Crippen LogP contribution is 2.49. The first kappa shape index (κ1) is 35.1. The smallest absolute Gasteiger partial charge is 0.0548 e. The number of thiophene rings is 2. The van der Waals surface area contributed by atoms with Gasteiger partial charge in [0, 0.05) is 20.2 Å². The summed E-state index contributed by atoms with van der Waals surface area (Å²) in [7, 11) is 0. The van der Waals surface area contributed by atoms with Gasteiger partial charge in [0.1, 0.15) is 0 Å². The van der Waals surface area contributed by atoms with Crippen molar-refractivity contribution in [1.29, 1.82) is 0 Å². The predicted octanol–water partition coefficient (Wildman–Crippen LogP) is 16.7. The van der Waals surface area contributed by atoms with Crippen LogP contribution >= 0.6 is 22.7 Å². The molecule has 0 saturated carbocycles. The van der Waals surface area contributed by atoms with E-state index in [1.807, 2.05) is 22.7 Å². The van der Waals surface area contributed by atoms with Crippen LogP contribution in [-0.2, 0) is 12.8 Å². The monoisotopic (exact) mass is 716 g/mol. The standard InChI is InChI=1S/C50H52S2/c1-3-5-7-9-11-13-15-35-17-21-37(22-18-35)39-25-29-43-41(33-39)27-31-45-47(43)49-50(51-45)48-44-30-26-40(34-42(44)28-32-46(48)52-49)38-23-19-36(20-24-38)16-14-12-10-8-6-4-2/h17-34H,3-16H2,1-2H3. The molecule has 0 unspecified atom stereocenters. The second-order valence-electron chi connectivity index (χ2n) is 15.0. The van der Waals surface area contributed by atoms with E-state index in [4.69, 9.17) is 0 Å². The summed E-state index contributed by atoms with van der Waals surface area (Å²) in [4.78, 5) is 0. The van der Waals surface area contributed by atoms with Gasteiger partial charge in [0.2, 0.25) is 0 Å². The Morgan fingerprint density at radius 2 is 0.750 bits per heavy atom. The fourth-order valence-electron chi connectivity index (χ4n) is 8.21. The molecule has 0 bridgehead atoms. The summed E-state index contributed by atoms with van der Waals surface area (Å²) >= 11 is 3.93. The van der Waals surface area contributed by atoms with Gasteiger partial charge in [-0.1, -0.05) is 163 Å². The molecular weight excluding hydrogens is 665 g/mol. The van der Waals surface area contributed by atoms with Crippen molar-refractivity contribution < 1.29 is 0 Å². The summed E-state index contributed by atoms with van der Waals surface area (Å²) in [5.41, 5.74) is 8.14. The van der Waals surface area contributed by atoms with E-state index in [1.165, 1.54) is 174 Å². The molecule has 8 rings (SSSR count). The Morgan fingerprint density at radius 1 is 0.365 bits per heavy atom. The van der Waals surface area contributed by atoms with Gasteiger partial charge in [0.25, 0.3) is 0 Å². The van der Waals surface area contributed by atoms with Crippen molar-refractivity contribution in [3.05, 3.63) is 120 Å². The molecule has 2 heteroatoms. The highest BCUT2D eigenvalue weighted by molar-refractivity contribution is 7.37. The van der Waals surface area contributed by atoms with Crippen molar-refractivity contribution in [2.45, 2.75) is 104 Å². The van der Waals surface area contributed by atoms with Gasteiger partial charge >= 0.3 is 0 Å². The van der Waals surface area contributed by atoms with E-state index in [0.717, 1.165) is 0 Å². The van der Waals surface area contributed by atoms with Gasteiger partial charge in [0.15, 0.2) is 0 Å². The molecule has 0 aliphatic heterocycles. The summed E-state index contributed by atoms with van der Waals surface area (Å²) in [6.45, 7) is 4.58. The number of hydrogen-bond acceptors (Lipinski definition) is 2. The van der Waals surface area contributed by atoms with Gasteiger partial charge in [-0.3, -0.25) is 0 Å². The Kier molecular flexibility index (Phi) is 11.0. The van der Waals surface area contributed by atoms with Crippen LogP contribution in [0.1, 0.15) is 102 Å². The summed E-state index contributed by atoms with van der Waals surface area (Å²) in [6, 6.07) is 42.2. The number of fused-ring (bicyclic) bond motifs is 9. The summed E-state index contributed by atoms with van der Waals surface area (Å²) in [5.74, 6) is 0. The minimum Gasteiger partial charge on any atom is -0.134 e. The molecule has 0 radical (unpaired) electrons. The van der Waals surface area contributed by atoms with Crippen LogP contribution in [0.4, 0.5) is 0 Å². The number of rotatable bonds is 16. The van der Waals surface area contributed by atoms with E-state index in [0.29, 0.717) is 0 Å². The minimum absolute atomic E-state index is 1.19. The largest absolute Gasteiger partial charge is 0.134 e. The van der Waals surface area contributed by atoms with Crippen LogP contribution in [-0.4, -0.2) is 0 Å². The average molecular weight is 717 g/mol. The highest BCUT2D eigenvalue weighted by atomic mass is 32.1. The van der Waals surface area contributed by atoms with Crippen molar-refractivity contribution in [3.8, 4) is 22.3 Å². The van der Waals surface area contributed by atoms with Crippen molar-refractivity contribution in [1.82, 2.24) is 0 Å². The lowest BCUT2D eigenvalue weighted by Crippen LogP contribution is -1.87. The third-order valence-corrected chi connectivity index (χ3v) is 13.7. The third kappa shape index (κ3) is 7.43. The Bertz CT molecular complexity index is 2250. The second-order valence-corrected chi connectivity index (χ2v) is 17.1. The van der Waals surface area contributed by atoms with Crippen molar-refractivity contribution in [2.24, 2.45) is 0 Å². The second kappa shape index (κ2) is 16.4. The summed E-state index contributed by atoms with van der Waals surface area (Å²) in [6.07, 6.45) is 18.6. The molecular formula is C50H52S2. The van der Waals surface area contributed by atoms with Crippen LogP contribution in [0.25, 0.3) is 73.4 Å². The molecule has 2 aromatic heterocycles. The van der Waals surface area contributed by atoms with Crippen LogP contribution in [0.2, 0.25) is 0 Å². The van der Waals surface area contributed by atoms with Gasteiger partial charge < -0.3 is 0 Å². The molecule has 6 aromatic carbocycles. The van der Waals surface area contributed by atoms with E-state index in [2.05, 4.69) is 123 Å². The summed E-state index contributed by atoms with van der Waals surface area (Å²) in [5, 5.41) is 8.22. The zero-order valence-electron chi connectivity index (χ0n) is 31.1. The fourth-order valence-corrected chi connectivity index (χ4v) is 11.0. The van der Waals surface area contributed by atoms with E-state index in [1.54, 1.807) is 0 Å². The predicted molar refractivity (Wildman–Crippen MR) is 235 cm³/mol. The van der Waals surface area contributed by atoms with Crippen LogP contribution in [0.5, 0.6) is 0 Å². The maximum atomic E-state index is 2.40. The lowest BCUT2D eigenvalue weighted by molar-refractivity contribution is 0.607. The van der Waals surface area contributed by atoms with Crippen LogP contribution in [0, 0.1) is 0 Å². The van der Waals surface area contributed by atoms with Crippen molar-refractivity contribution in [3.63, 3.8) is 0 Å².